The summed E-state index contributed by atoms with van der Waals surface area (Å²) in [5.74, 6) is 5.55. The van der Waals surface area contributed by atoms with Crippen LogP contribution in [0.2, 0.25) is 0 Å². The maximum Gasteiger partial charge on any atom is 0.265 e. The first-order valence-corrected chi connectivity index (χ1v) is 13.8. The molecule has 0 saturated carbocycles. The average Bonchev–Trinajstić information content (AvgIpc) is 2.83. The summed E-state index contributed by atoms with van der Waals surface area (Å²) < 4.78 is 57.1. The molecule has 0 radical (unpaired) electrons. The van der Waals surface area contributed by atoms with E-state index in [0.29, 0.717) is 0 Å². The molecule has 3 aromatic carbocycles. The van der Waals surface area contributed by atoms with Crippen molar-refractivity contribution in [3.8, 4) is 11.8 Å². The van der Waals surface area contributed by atoms with Crippen LogP contribution in [0, 0.1) is 25.7 Å². The number of sulfonamides is 2. The van der Waals surface area contributed by atoms with Gasteiger partial charge in [0.25, 0.3) is 20.0 Å². The fourth-order valence-electron chi connectivity index (χ4n) is 3.45. The molecule has 0 aliphatic carbocycles. The number of rotatable bonds is 9. The number of hydrogen-bond acceptors (Lipinski definition) is 4. The van der Waals surface area contributed by atoms with Crippen molar-refractivity contribution in [3.63, 3.8) is 0 Å². The molecule has 0 unspecified atom stereocenters. The van der Waals surface area contributed by atoms with Gasteiger partial charge in [0.2, 0.25) is 0 Å². The predicted octanol–water partition coefficient (Wildman–Crippen LogP) is 4.90. The molecule has 8 heteroatoms. The van der Waals surface area contributed by atoms with Crippen molar-refractivity contribution in [1.29, 1.82) is 0 Å². The van der Waals surface area contributed by atoms with E-state index in [9.17, 15) is 16.8 Å². The highest BCUT2D eigenvalue weighted by Gasteiger charge is 2.31. The van der Waals surface area contributed by atoms with Gasteiger partial charge in [-0.2, -0.15) is 0 Å². The molecule has 3 rings (SSSR count). The first-order valence-electron chi connectivity index (χ1n) is 10.9. The second-order valence-electron chi connectivity index (χ2n) is 7.88. The van der Waals surface area contributed by atoms with Gasteiger partial charge in [-0.05, 0) is 57.2 Å². The van der Waals surface area contributed by atoms with Crippen LogP contribution < -0.4 is 8.61 Å². The molecule has 0 saturated heterocycles. The number of nitrogens with zero attached hydrogens (tertiary/aromatic N) is 2. The van der Waals surface area contributed by atoms with Crippen LogP contribution in [0.5, 0.6) is 0 Å². The van der Waals surface area contributed by atoms with Gasteiger partial charge in [-0.1, -0.05) is 59.5 Å². The van der Waals surface area contributed by atoms with Crippen molar-refractivity contribution in [3.05, 3.63) is 96.6 Å². The summed E-state index contributed by atoms with van der Waals surface area (Å²) in [4.78, 5) is 0.188. The van der Waals surface area contributed by atoms with Gasteiger partial charge in [-0.25, -0.2) is 16.8 Å². The third-order valence-corrected chi connectivity index (χ3v) is 8.90. The molecule has 0 atom stereocenters. The standard InChI is InChI=1S/C27H28N2O4S2/c1-5-7-21-29(35(32,33)25-18-14-23(4)15-19-25)27-11-9-8-10-26(27)28(20-6-2)34(30,31)24-16-12-22(3)13-17-24/h6,8-19H,2,20-21H2,1,3-4H3. The highest BCUT2D eigenvalue weighted by atomic mass is 32.2. The molecule has 35 heavy (non-hydrogen) atoms. The highest BCUT2D eigenvalue weighted by molar-refractivity contribution is 7.93. The lowest BCUT2D eigenvalue weighted by molar-refractivity contribution is 0.590. The molecular weight excluding hydrogens is 480 g/mol. The fraction of sp³-hybridized carbons (Fsp3) is 0.185. The Balaban J connectivity index is 2.22. The van der Waals surface area contributed by atoms with Crippen molar-refractivity contribution in [2.75, 3.05) is 21.7 Å². The molecule has 0 aliphatic rings. The zero-order valence-electron chi connectivity index (χ0n) is 20.0. The van der Waals surface area contributed by atoms with Crippen LogP contribution in [0.4, 0.5) is 11.4 Å². The Morgan fingerprint density at radius 1 is 0.743 bits per heavy atom. The van der Waals surface area contributed by atoms with Gasteiger partial charge in [0.15, 0.2) is 0 Å². The van der Waals surface area contributed by atoms with Gasteiger partial charge in [0.1, 0.15) is 0 Å². The normalized spacial score (nSPS) is 11.3. The van der Waals surface area contributed by atoms with E-state index in [1.165, 1.54) is 30.3 Å². The van der Waals surface area contributed by atoms with E-state index in [2.05, 4.69) is 18.4 Å². The Hall–Kier alpha value is -3.54. The second kappa shape index (κ2) is 10.8. The molecular formula is C27H28N2O4S2. The van der Waals surface area contributed by atoms with Gasteiger partial charge < -0.3 is 0 Å². The van der Waals surface area contributed by atoms with Crippen molar-refractivity contribution >= 4 is 31.4 Å². The molecule has 0 aliphatic heterocycles. The second-order valence-corrected chi connectivity index (χ2v) is 11.6. The summed E-state index contributed by atoms with van der Waals surface area (Å²) in [7, 11) is -8.07. The van der Waals surface area contributed by atoms with Gasteiger partial charge in [-0.3, -0.25) is 8.61 Å². The summed E-state index contributed by atoms with van der Waals surface area (Å²) in [5.41, 5.74) is 2.26. The lowest BCUT2D eigenvalue weighted by Gasteiger charge is -2.30. The first kappa shape index (κ1) is 26.1. The highest BCUT2D eigenvalue weighted by Crippen LogP contribution is 2.36. The fourth-order valence-corrected chi connectivity index (χ4v) is 6.29. The number of anilines is 2. The molecule has 0 spiro atoms. The lowest BCUT2D eigenvalue weighted by atomic mass is 10.2. The Morgan fingerprint density at radius 2 is 1.17 bits per heavy atom. The van der Waals surface area contributed by atoms with Crippen LogP contribution in [0.15, 0.2) is 95.2 Å². The monoisotopic (exact) mass is 508 g/mol. The van der Waals surface area contributed by atoms with E-state index in [4.69, 9.17) is 0 Å². The van der Waals surface area contributed by atoms with Gasteiger partial charge in [0, 0.05) is 0 Å². The largest absolute Gasteiger partial charge is 0.265 e. The smallest absolute Gasteiger partial charge is 0.260 e. The minimum Gasteiger partial charge on any atom is -0.260 e. The minimum absolute atomic E-state index is 0.0505. The van der Waals surface area contributed by atoms with Crippen LogP contribution in [0.1, 0.15) is 18.1 Å². The Kier molecular flexibility index (Phi) is 8.05. The minimum atomic E-state index is -4.05. The van der Waals surface area contributed by atoms with E-state index < -0.39 is 20.0 Å². The summed E-state index contributed by atoms with van der Waals surface area (Å²) in [6, 6.07) is 19.5. The van der Waals surface area contributed by atoms with Crippen LogP contribution in [0.25, 0.3) is 0 Å². The SMILES string of the molecule is C=CCN(c1ccccc1N(CC#CC)S(=O)(=O)c1ccc(C)cc1)S(=O)(=O)c1ccc(C)cc1. The topological polar surface area (TPSA) is 74.8 Å². The maximum absolute atomic E-state index is 13.7. The van der Waals surface area contributed by atoms with Crippen molar-refractivity contribution in [1.82, 2.24) is 0 Å². The first-order chi connectivity index (χ1) is 16.6. The van der Waals surface area contributed by atoms with Gasteiger partial charge >= 0.3 is 0 Å². The molecule has 0 bridgehead atoms. The van der Waals surface area contributed by atoms with Crippen LogP contribution in [-0.2, 0) is 20.0 Å². The third-order valence-electron chi connectivity index (χ3n) is 5.33. The van der Waals surface area contributed by atoms with E-state index in [0.717, 1.165) is 19.7 Å². The predicted molar refractivity (Wildman–Crippen MR) is 142 cm³/mol. The van der Waals surface area contributed by atoms with Crippen LogP contribution >= 0.6 is 0 Å². The number of aryl methyl sites for hydroxylation is 2. The number of benzene rings is 3. The summed E-state index contributed by atoms with van der Waals surface area (Å²) >= 11 is 0. The maximum atomic E-state index is 13.7. The number of hydrogen-bond donors (Lipinski definition) is 0. The van der Waals surface area contributed by atoms with E-state index in [-0.39, 0.29) is 34.3 Å². The van der Waals surface area contributed by atoms with Gasteiger partial charge in [-0.15, -0.1) is 12.5 Å². The summed E-state index contributed by atoms with van der Waals surface area (Å²) in [6.45, 7) is 8.88. The molecule has 3 aromatic rings. The quantitative estimate of drug-likeness (QED) is 0.304. The number of para-hydroxylation sites is 2. The average molecular weight is 509 g/mol. The summed E-state index contributed by atoms with van der Waals surface area (Å²) in [5, 5.41) is 0. The Bertz CT molecular complexity index is 1470. The zero-order chi connectivity index (χ0) is 25.6. The zero-order valence-corrected chi connectivity index (χ0v) is 21.6. The molecule has 0 fully saturated rings. The van der Waals surface area contributed by atoms with Gasteiger partial charge in [0.05, 0.1) is 34.3 Å². The van der Waals surface area contributed by atoms with E-state index in [1.807, 2.05) is 13.8 Å². The molecule has 0 amide bonds. The lowest BCUT2D eigenvalue weighted by Crippen LogP contribution is -2.36. The Labute approximate surface area is 208 Å². The summed E-state index contributed by atoms with van der Waals surface area (Å²) in [6.07, 6.45) is 1.47. The van der Waals surface area contributed by atoms with Crippen LogP contribution in [-0.4, -0.2) is 29.9 Å². The van der Waals surface area contributed by atoms with E-state index in [1.54, 1.807) is 55.5 Å². The van der Waals surface area contributed by atoms with Crippen molar-refractivity contribution < 1.29 is 16.8 Å². The molecule has 0 heterocycles. The van der Waals surface area contributed by atoms with Crippen LogP contribution in [0.3, 0.4) is 0 Å². The molecule has 0 aromatic heterocycles. The Morgan fingerprint density at radius 3 is 1.60 bits per heavy atom. The van der Waals surface area contributed by atoms with Crippen molar-refractivity contribution in [2.24, 2.45) is 0 Å². The molecule has 0 N–H and O–H groups in total. The van der Waals surface area contributed by atoms with E-state index >= 15 is 0 Å². The van der Waals surface area contributed by atoms with Crippen molar-refractivity contribution in [2.45, 2.75) is 30.6 Å². The third kappa shape index (κ3) is 5.59. The molecule has 6 nitrogen and oxygen atoms in total. The molecule has 182 valence electrons.